The van der Waals surface area contributed by atoms with E-state index >= 15 is 0 Å². The van der Waals surface area contributed by atoms with Gasteiger partial charge in [-0.25, -0.2) is 5.43 Å². The summed E-state index contributed by atoms with van der Waals surface area (Å²) in [5.41, 5.74) is 7.15. The molecule has 0 bridgehead atoms. The molecule has 6 nitrogen and oxygen atoms in total. The van der Waals surface area contributed by atoms with E-state index in [2.05, 4.69) is 10.5 Å². The molecule has 180 valence electrons. The van der Waals surface area contributed by atoms with Crippen LogP contribution in [0.2, 0.25) is 10.0 Å². The molecule has 1 saturated heterocycles. The second-order valence-electron chi connectivity index (χ2n) is 8.47. The smallest absolute Gasteiger partial charge is 0.245 e. The summed E-state index contributed by atoms with van der Waals surface area (Å²) in [6.07, 6.45) is 1.71. The molecule has 0 unspecified atom stereocenters. The Kier molecular flexibility index (Phi) is 7.73. The fraction of sp³-hybridized carbons (Fsp3) is 0.222. The van der Waals surface area contributed by atoms with E-state index in [-0.39, 0.29) is 24.8 Å². The quantitative estimate of drug-likeness (QED) is 0.328. The maximum Gasteiger partial charge on any atom is 0.245 e. The average molecular weight is 510 g/mol. The van der Waals surface area contributed by atoms with Crippen LogP contribution in [0, 0.1) is 19.8 Å². The SMILES string of the molecule is Cc1ccc(N2C[C@H](C(=O)N/N=C\c3ccc(OCc4c(Cl)cccc4Cl)cc3)CC2=O)cc1C. The summed E-state index contributed by atoms with van der Waals surface area (Å²) in [7, 11) is 0. The van der Waals surface area contributed by atoms with Crippen LogP contribution in [0.15, 0.2) is 65.8 Å². The molecule has 0 aromatic heterocycles. The third-order valence-electron chi connectivity index (χ3n) is 6.01. The summed E-state index contributed by atoms with van der Waals surface area (Å²) in [4.78, 5) is 26.7. The first-order valence-electron chi connectivity index (χ1n) is 11.2. The molecule has 1 fully saturated rings. The van der Waals surface area contributed by atoms with Crippen molar-refractivity contribution in [2.45, 2.75) is 26.9 Å². The van der Waals surface area contributed by atoms with E-state index in [4.69, 9.17) is 27.9 Å². The molecule has 3 aromatic rings. The van der Waals surface area contributed by atoms with Gasteiger partial charge in [-0.1, -0.05) is 35.3 Å². The van der Waals surface area contributed by atoms with Crippen molar-refractivity contribution in [1.29, 1.82) is 0 Å². The Morgan fingerprint density at radius 2 is 1.80 bits per heavy atom. The molecule has 8 heteroatoms. The molecule has 2 amide bonds. The third kappa shape index (κ3) is 6.02. The minimum atomic E-state index is -0.450. The molecule has 3 aromatic carbocycles. The van der Waals surface area contributed by atoms with Crippen molar-refractivity contribution < 1.29 is 14.3 Å². The highest BCUT2D eigenvalue weighted by Gasteiger charge is 2.35. The summed E-state index contributed by atoms with van der Waals surface area (Å²) in [5, 5.41) is 5.16. The maximum atomic E-state index is 12.6. The minimum absolute atomic E-state index is 0.0638. The first kappa shape index (κ1) is 24.8. The topological polar surface area (TPSA) is 71.0 Å². The number of rotatable bonds is 7. The lowest BCUT2D eigenvalue weighted by Crippen LogP contribution is -2.30. The number of nitrogens with zero attached hydrogens (tertiary/aromatic N) is 2. The van der Waals surface area contributed by atoms with Crippen LogP contribution < -0.4 is 15.1 Å². The molecule has 1 heterocycles. The van der Waals surface area contributed by atoms with Gasteiger partial charge in [0, 0.05) is 34.3 Å². The number of hydrogen-bond acceptors (Lipinski definition) is 4. The standard InChI is InChI=1S/C27H25Cl2N3O3/c1-17-6-9-21(12-18(17)2)32-15-20(13-26(32)33)27(34)31-30-14-19-7-10-22(11-8-19)35-16-23-24(28)4-3-5-25(23)29/h3-12,14,20H,13,15-16H2,1-2H3,(H,31,34)/b30-14-/t20-/m1/s1. The molecule has 0 radical (unpaired) electrons. The van der Waals surface area contributed by atoms with E-state index in [1.54, 1.807) is 41.4 Å². The summed E-state index contributed by atoms with van der Waals surface area (Å²) in [6, 6.07) is 18.4. The van der Waals surface area contributed by atoms with Crippen LogP contribution in [0.1, 0.15) is 28.7 Å². The van der Waals surface area contributed by atoms with Gasteiger partial charge in [-0.2, -0.15) is 5.10 Å². The Morgan fingerprint density at radius 1 is 1.09 bits per heavy atom. The lowest BCUT2D eigenvalue weighted by atomic mass is 10.1. The van der Waals surface area contributed by atoms with Gasteiger partial charge in [0.15, 0.2) is 0 Å². The van der Waals surface area contributed by atoms with Crippen LogP contribution in [0.25, 0.3) is 0 Å². The van der Waals surface area contributed by atoms with Crippen molar-refractivity contribution >= 4 is 46.9 Å². The second kappa shape index (κ2) is 10.9. The number of nitrogens with one attached hydrogen (secondary N) is 1. The summed E-state index contributed by atoms with van der Waals surface area (Å²) >= 11 is 12.3. The predicted octanol–water partition coefficient (Wildman–Crippen LogP) is 5.69. The highest BCUT2D eigenvalue weighted by Crippen LogP contribution is 2.27. The number of hydrazone groups is 1. The molecule has 4 rings (SSSR count). The zero-order chi connectivity index (χ0) is 24.9. The zero-order valence-electron chi connectivity index (χ0n) is 19.4. The van der Waals surface area contributed by atoms with Crippen molar-refractivity contribution in [3.63, 3.8) is 0 Å². The Labute approximate surface area is 214 Å². The highest BCUT2D eigenvalue weighted by atomic mass is 35.5. The summed E-state index contributed by atoms with van der Waals surface area (Å²) < 4.78 is 5.77. The third-order valence-corrected chi connectivity index (χ3v) is 6.72. The van der Waals surface area contributed by atoms with Crippen LogP contribution in [-0.4, -0.2) is 24.6 Å². The number of anilines is 1. The van der Waals surface area contributed by atoms with Crippen LogP contribution in [0.5, 0.6) is 5.75 Å². The largest absolute Gasteiger partial charge is 0.489 e. The molecule has 0 aliphatic carbocycles. The molecule has 35 heavy (non-hydrogen) atoms. The molecule has 0 spiro atoms. The van der Waals surface area contributed by atoms with Crippen LogP contribution >= 0.6 is 23.2 Å². The van der Waals surface area contributed by atoms with Crippen LogP contribution in [-0.2, 0) is 16.2 Å². The Hall–Kier alpha value is -3.35. The average Bonchev–Trinajstić information content (AvgIpc) is 3.23. The number of aryl methyl sites for hydroxylation is 2. The Bertz CT molecular complexity index is 1250. The van der Waals surface area contributed by atoms with Crippen LogP contribution in [0.4, 0.5) is 5.69 Å². The number of halogens is 2. The van der Waals surface area contributed by atoms with Gasteiger partial charge in [-0.05, 0) is 79.1 Å². The number of ether oxygens (including phenoxy) is 1. The highest BCUT2D eigenvalue weighted by molar-refractivity contribution is 6.35. The van der Waals surface area contributed by atoms with Crippen molar-refractivity contribution in [1.82, 2.24) is 5.43 Å². The fourth-order valence-electron chi connectivity index (χ4n) is 3.76. The molecular weight excluding hydrogens is 485 g/mol. The first-order chi connectivity index (χ1) is 16.8. The van der Waals surface area contributed by atoms with Crippen molar-refractivity contribution in [2.75, 3.05) is 11.4 Å². The maximum absolute atomic E-state index is 12.6. The molecule has 1 atom stereocenters. The van der Waals surface area contributed by atoms with Gasteiger partial charge in [0.05, 0.1) is 12.1 Å². The normalized spacial score (nSPS) is 15.6. The van der Waals surface area contributed by atoms with E-state index in [1.807, 2.05) is 44.2 Å². The molecule has 1 aliphatic rings. The van der Waals surface area contributed by atoms with E-state index < -0.39 is 5.92 Å². The van der Waals surface area contributed by atoms with Gasteiger partial charge in [0.25, 0.3) is 0 Å². The van der Waals surface area contributed by atoms with Gasteiger partial charge >= 0.3 is 0 Å². The van der Waals surface area contributed by atoms with Gasteiger partial charge in [-0.3, -0.25) is 9.59 Å². The molecule has 0 saturated carbocycles. The van der Waals surface area contributed by atoms with Gasteiger partial charge in [0.2, 0.25) is 11.8 Å². The van der Waals surface area contributed by atoms with Crippen molar-refractivity contribution in [3.05, 3.63) is 93.0 Å². The van der Waals surface area contributed by atoms with Gasteiger partial charge in [-0.15, -0.1) is 0 Å². The lowest BCUT2D eigenvalue weighted by Gasteiger charge is -2.17. The Morgan fingerprint density at radius 3 is 2.49 bits per heavy atom. The predicted molar refractivity (Wildman–Crippen MR) is 139 cm³/mol. The van der Waals surface area contributed by atoms with Crippen LogP contribution in [0.3, 0.4) is 0 Å². The fourth-order valence-corrected chi connectivity index (χ4v) is 4.27. The second-order valence-corrected chi connectivity index (χ2v) is 9.28. The van der Waals surface area contributed by atoms with E-state index in [0.717, 1.165) is 27.9 Å². The number of amides is 2. The zero-order valence-corrected chi connectivity index (χ0v) is 20.9. The summed E-state index contributed by atoms with van der Waals surface area (Å²) in [5.74, 6) is -0.143. The number of carbonyl (C=O) groups is 2. The lowest BCUT2D eigenvalue weighted by molar-refractivity contribution is -0.126. The molecular formula is C27H25Cl2N3O3. The number of carbonyl (C=O) groups excluding carboxylic acids is 2. The summed E-state index contributed by atoms with van der Waals surface area (Å²) in [6.45, 7) is 4.62. The molecule has 1 aliphatic heterocycles. The monoisotopic (exact) mass is 509 g/mol. The first-order valence-corrected chi connectivity index (χ1v) is 11.9. The molecule has 1 N–H and O–H groups in total. The Balaban J connectivity index is 1.29. The van der Waals surface area contributed by atoms with Gasteiger partial charge in [0.1, 0.15) is 12.4 Å². The number of benzene rings is 3. The van der Waals surface area contributed by atoms with Crippen molar-refractivity contribution in [3.8, 4) is 5.75 Å². The van der Waals surface area contributed by atoms with E-state index in [1.165, 1.54) is 0 Å². The minimum Gasteiger partial charge on any atom is -0.489 e. The van der Waals surface area contributed by atoms with Crippen molar-refractivity contribution in [2.24, 2.45) is 11.0 Å². The van der Waals surface area contributed by atoms with E-state index in [9.17, 15) is 9.59 Å². The number of hydrogen-bond donors (Lipinski definition) is 1. The van der Waals surface area contributed by atoms with E-state index in [0.29, 0.717) is 22.3 Å². The van der Waals surface area contributed by atoms with Gasteiger partial charge < -0.3 is 9.64 Å².